The van der Waals surface area contributed by atoms with Crippen molar-refractivity contribution in [2.24, 2.45) is 0 Å². The van der Waals surface area contributed by atoms with E-state index in [4.69, 9.17) is 0 Å². The Labute approximate surface area is 126 Å². The Hall–Kier alpha value is -1.56. The van der Waals surface area contributed by atoms with Gasteiger partial charge in [-0.1, -0.05) is 0 Å². The van der Waals surface area contributed by atoms with Gasteiger partial charge in [-0.25, -0.2) is 8.42 Å². The van der Waals surface area contributed by atoms with Crippen molar-refractivity contribution in [2.75, 3.05) is 16.9 Å². The molecule has 0 spiro atoms. The summed E-state index contributed by atoms with van der Waals surface area (Å²) in [5.74, 6) is -0.105. The molecule has 21 heavy (non-hydrogen) atoms. The van der Waals surface area contributed by atoms with Gasteiger partial charge in [0.2, 0.25) is 5.91 Å². The molecule has 1 saturated carbocycles. The highest BCUT2D eigenvalue weighted by Gasteiger charge is 2.34. The van der Waals surface area contributed by atoms with Gasteiger partial charge in [0.15, 0.2) is 9.84 Å². The molecule has 0 aromatic heterocycles. The summed E-state index contributed by atoms with van der Waals surface area (Å²) >= 11 is 0. The summed E-state index contributed by atoms with van der Waals surface area (Å²) < 4.78 is 23.6. The molecule has 0 heterocycles. The van der Waals surface area contributed by atoms with Crippen molar-refractivity contribution in [1.82, 2.24) is 0 Å². The number of hydrogen-bond donors (Lipinski definition) is 2. The minimum atomic E-state index is -3.03. The van der Waals surface area contributed by atoms with E-state index in [2.05, 4.69) is 10.6 Å². The van der Waals surface area contributed by atoms with Crippen LogP contribution in [0.4, 0.5) is 11.4 Å². The number of sulfone groups is 1. The van der Waals surface area contributed by atoms with Crippen molar-refractivity contribution in [2.45, 2.75) is 44.4 Å². The molecule has 1 amide bonds. The van der Waals surface area contributed by atoms with Gasteiger partial charge in [-0.2, -0.15) is 0 Å². The average Bonchev–Trinajstić information content (AvgIpc) is 2.80. The first-order chi connectivity index (χ1) is 9.77. The van der Waals surface area contributed by atoms with Crippen LogP contribution in [0.25, 0.3) is 0 Å². The Morgan fingerprint density at radius 3 is 2.57 bits per heavy atom. The van der Waals surface area contributed by atoms with Crippen LogP contribution < -0.4 is 10.6 Å². The zero-order valence-electron chi connectivity index (χ0n) is 12.6. The molecule has 5 nitrogen and oxygen atoms in total. The zero-order chi connectivity index (χ0) is 15.6. The highest BCUT2D eigenvalue weighted by molar-refractivity contribution is 7.91. The van der Waals surface area contributed by atoms with Crippen LogP contribution in [-0.4, -0.2) is 31.9 Å². The molecule has 0 radical (unpaired) electrons. The lowest BCUT2D eigenvalue weighted by Gasteiger charge is -2.21. The highest BCUT2D eigenvalue weighted by atomic mass is 32.2. The van der Waals surface area contributed by atoms with Crippen LogP contribution in [0.15, 0.2) is 18.2 Å². The Balaban J connectivity index is 2.13. The van der Waals surface area contributed by atoms with Crippen LogP contribution in [0.2, 0.25) is 0 Å². The maximum Gasteiger partial charge on any atom is 0.221 e. The topological polar surface area (TPSA) is 75.3 Å². The number of carbonyl (C=O) groups excluding carboxylic acids is 1. The van der Waals surface area contributed by atoms with Crippen molar-refractivity contribution in [3.8, 4) is 0 Å². The van der Waals surface area contributed by atoms with Gasteiger partial charge in [0.1, 0.15) is 0 Å². The fourth-order valence-electron chi connectivity index (χ4n) is 2.90. The Morgan fingerprint density at radius 2 is 2.00 bits per heavy atom. The number of benzene rings is 1. The maximum absolute atomic E-state index is 11.8. The predicted molar refractivity (Wildman–Crippen MR) is 85.4 cm³/mol. The van der Waals surface area contributed by atoms with Gasteiger partial charge in [-0.3, -0.25) is 4.79 Å². The minimum absolute atomic E-state index is 0.0361. The maximum atomic E-state index is 11.8. The third kappa shape index (κ3) is 3.97. The second-order valence-corrected chi connectivity index (χ2v) is 8.03. The smallest absolute Gasteiger partial charge is 0.221 e. The van der Waals surface area contributed by atoms with Crippen molar-refractivity contribution >= 4 is 27.1 Å². The summed E-state index contributed by atoms with van der Waals surface area (Å²) in [6.07, 6.45) is 3.82. The van der Waals surface area contributed by atoms with Crippen molar-refractivity contribution in [3.05, 3.63) is 23.8 Å². The molecule has 116 valence electrons. The third-order valence-corrected chi connectivity index (χ3v) is 5.56. The fraction of sp³-hybridized carbons (Fsp3) is 0.533. The second kappa shape index (κ2) is 6.05. The van der Waals surface area contributed by atoms with Crippen LogP contribution in [0.5, 0.6) is 0 Å². The molecular formula is C15H22N2O3S. The lowest BCUT2D eigenvalue weighted by atomic mass is 10.1. The van der Waals surface area contributed by atoms with Gasteiger partial charge < -0.3 is 10.6 Å². The lowest BCUT2D eigenvalue weighted by Crippen LogP contribution is -2.34. The van der Waals surface area contributed by atoms with Gasteiger partial charge in [-0.15, -0.1) is 0 Å². The summed E-state index contributed by atoms with van der Waals surface area (Å²) in [6, 6.07) is 5.61. The van der Waals surface area contributed by atoms with E-state index in [1.165, 1.54) is 13.2 Å². The standard InChI is InChI=1S/C15H22N2O3S/c1-10-9-12(7-8-13(10)16-11(2)18)17-14-5-4-6-15(14)21(3,19)20/h7-9,14-15,17H,4-6H2,1-3H3,(H,16,18). The number of anilines is 2. The van der Waals surface area contributed by atoms with E-state index in [0.29, 0.717) is 0 Å². The number of aryl methyl sites for hydroxylation is 1. The molecule has 0 bridgehead atoms. The molecule has 2 atom stereocenters. The third-order valence-electron chi connectivity index (χ3n) is 3.89. The Kier molecular flexibility index (Phi) is 4.56. The first-order valence-electron chi connectivity index (χ1n) is 7.11. The van der Waals surface area contributed by atoms with Gasteiger partial charge >= 0.3 is 0 Å². The molecule has 0 aliphatic heterocycles. The molecular weight excluding hydrogens is 288 g/mol. The average molecular weight is 310 g/mol. The first-order valence-corrected chi connectivity index (χ1v) is 9.06. The van der Waals surface area contributed by atoms with E-state index >= 15 is 0 Å². The minimum Gasteiger partial charge on any atom is -0.381 e. The van der Waals surface area contributed by atoms with E-state index in [-0.39, 0.29) is 17.2 Å². The summed E-state index contributed by atoms with van der Waals surface area (Å²) in [5, 5.41) is 5.78. The van der Waals surface area contributed by atoms with Gasteiger partial charge in [0.05, 0.1) is 5.25 Å². The van der Waals surface area contributed by atoms with Gasteiger partial charge in [0.25, 0.3) is 0 Å². The lowest BCUT2D eigenvalue weighted by molar-refractivity contribution is -0.114. The molecule has 2 unspecified atom stereocenters. The normalized spacial score (nSPS) is 22.0. The largest absolute Gasteiger partial charge is 0.381 e. The Morgan fingerprint density at radius 1 is 1.29 bits per heavy atom. The zero-order valence-corrected chi connectivity index (χ0v) is 13.5. The van der Waals surface area contributed by atoms with Crippen molar-refractivity contribution < 1.29 is 13.2 Å². The molecule has 1 aliphatic rings. The monoisotopic (exact) mass is 310 g/mol. The SMILES string of the molecule is CC(=O)Nc1ccc(NC2CCCC2S(C)(=O)=O)cc1C. The van der Waals surface area contributed by atoms with E-state index in [0.717, 1.165) is 36.2 Å². The summed E-state index contributed by atoms with van der Waals surface area (Å²) in [7, 11) is -3.03. The molecule has 2 N–H and O–H groups in total. The fourth-order valence-corrected chi connectivity index (χ4v) is 4.30. The quantitative estimate of drug-likeness (QED) is 0.895. The Bertz CT molecular complexity index is 640. The van der Waals surface area contributed by atoms with Crippen LogP contribution in [0.1, 0.15) is 31.7 Å². The summed E-state index contributed by atoms with van der Waals surface area (Å²) in [4.78, 5) is 11.1. The van der Waals surface area contributed by atoms with Gasteiger partial charge in [0, 0.05) is 30.6 Å². The molecule has 2 rings (SSSR count). The number of hydrogen-bond acceptors (Lipinski definition) is 4. The summed E-state index contributed by atoms with van der Waals surface area (Å²) in [5.41, 5.74) is 2.62. The van der Waals surface area contributed by atoms with E-state index in [1.54, 1.807) is 0 Å². The predicted octanol–water partition coefficient (Wildman–Crippen LogP) is 2.33. The molecule has 1 aliphatic carbocycles. The molecule has 0 saturated heterocycles. The number of rotatable bonds is 4. The van der Waals surface area contributed by atoms with Crippen LogP contribution in [-0.2, 0) is 14.6 Å². The van der Waals surface area contributed by atoms with E-state index in [9.17, 15) is 13.2 Å². The van der Waals surface area contributed by atoms with Crippen molar-refractivity contribution in [1.29, 1.82) is 0 Å². The van der Waals surface area contributed by atoms with E-state index in [1.807, 2.05) is 25.1 Å². The molecule has 1 aromatic carbocycles. The first kappa shape index (κ1) is 15.8. The highest BCUT2D eigenvalue weighted by Crippen LogP contribution is 2.29. The molecule has 1 fully saturated rings. The van der Waals surface area contributed by atoms with E-state index < -0.39 is 9.84 Å². The summed E-state index contributed by atoms with van der Waals surface area (Å²) in [6.45, 7) is 3.39. The van der Waals surface area contributed by atoms with Crippen LogP contribution >= 0.6 is 0 Å². The van der Waals surface area contributed by atoms with Crippen molar-refractivity contribution in [3.63, 3.8) is 0 Å². The van der Waals surface area contributed by atoms with Crippen LogP contribution in [0.3, 0.4) is 0 Å². The number of amides is 1. The second-order valence-electron chi connectivity index (χ2n) is 5.76. The number of nitrogens with one attached hydrogen (secondary N) is 2. The number of carbonyl (C=O) groups is 1. The molecule has 6 heteroatoms. The van der Waals surface area contributed by atoms with Gasteiger partial charge in [-0.05, 0) is 49.9 Å². The molecule has 1 aromatic rings. The van der Waals surface area contributed by atoms with Crippen LogP contribution in [0, 0.1) is 6.92 Å².